The first-order valence-electron chi connectivity index (χ1n) is 8.94. The molecular weight excluding hydrogens is 304 g/mol. The highest BCUT2D eigenvalue weighted by Gasteiger charge is 2.27. The summed E-state index contributed by atoms with van der Waals surface area (Å²) >= 11 is 0. The van der Waals surface area contributed by atoms with E-state index < -0.39 is 5.60 Å². The Morgan fingerprint density at radius 2 is 1.96 bits per heavy atom. The first kappa shape index (κ1) is 17.0. The van der Waals surface area contributed by atoms with E-state index in [1.807, 2.05) is 20.8 Å². The zero-order valence-corrected chi connectivity index (χ0v) is 14.9. The molecule has 2 heterocycles. The molecule has 1 aromatic rings. The number of hydrogen-bond acceptors (Lipinski definition) is 5. The average Bonchev–Trinajstić information content (AvgIpc) is 3.30. The summed E-state index contributed by atoms with van der Waals surface area (Å²) in [6.07, 6.45) is 6.97. The molecule has 0 radical (unpaired) electrons. The van der Waals surface area contributed by atoms with Crippen LogP contribution in [0, 0.1) is 5.92 Å². The van der Waals surface area contributed by atoms with Crippen LogP contribution in [0.4, 0.5) is 10.6 Å². The number of piperidine rings is 1. The zero-order valence-electron chi connectivity index (χ0n) is 14.9. The summed E-state index contributed by atoms with van der Waals surface area (Å²) in [7, 11) is 0. The molecule has 0 atom stereocenters. The number of nitrogens with one attached hydrogen (secondary N) is 1. The molecule has 24 heavy (non-hydrogen) atoms. The van der Waals surface area contributed by atoms with Gasteiger partial charge in [0.25, 0.3) is 0 Å². The van der Waals surface area contributed by atoms with Gasteiger partial charge < -0.3 is 15.0 Å². The number of likely N-dealkylation sites (tertiary alicyclic amines) is 1. The molecule has 3 rings (SSSR count). The number of ether oxygens (including phenoxy) is 1. The lowest BCUT2D eigenvalue weighted by Gasteiger charge is -2.33. The second-order valence-electron chi connectivity index (χ2n) is 7.93. The molecule has 1 saturated carbocycles. The molecule has 1 saturated heterocycles. The van der Waals surface area contributed by atoms with Crippen LogP contribution in [0.15, 0.2) is 12.4 Å². The maximum absolute atomic E-state index is 12.1. The van der Waals surface area contributed by atoms with Gasteiger partial charge in [-0.25, -0.2) is 14.8 Å². The fourth-order valence-corrected chi connectivity index (χ4v) is 2.95. The first-order valence-corrected chi connectivity index (χ1v) is 8.94. The van der Waals surface area contributed by atoms with E-state index >= 15 is 0 Å². The van der Waals surface area contributed by atoms with E-state index in [0.717, 1.165) is 36.7 Å². The van der Waals surface area contributed by atoms with E-state index in [4.69, 9.17) is 4.74 Å². The molecule has 1 aliphatic carbocycles. The normalized spacial score (nSPS) is 19.2. The van der Waals surface area contributed by atoms with Gasteiger partial charge in [0.1, 0.15) is 17.7 Å². The quantitative estimate of drug-likeness (QED) is 0.917. The molecule has 132 valence electrons. The van der Waals surface area contributed by atoms with Crippen molar-refractivity contribution in [1.82, 2.24) is 14.9 Å². The SMILES string of the molecule is CC(C)(C)OC(=O)N1CCC(Nc2cc(CC3CC3)ncn2)CC1. The van der Waals surface area contributed by atoms with Crippen LogP contribution in [-0.4, -0.2) is 45.7 Å². The number of amides is 1. The van der Waals surface area contributed by atoms with Crippen LogP contribution in [-0.2, 0) is 11.2 Å². The van der Waals surface area contributed by atoms with Crippen molar-refractivity contribution in [3.05, 3.63) is 18.1 Å². The van der Waals surface area contributed by atoms with E-state index in [2.05, 4.69) is 21.4 Å². The van der Waals surface area contributed by atoms with E-state index in [0.29, 0.717) is 19.1 Å². The van der Waals surface area contributed by atoms with Crippen LogP contribution in [0.25, 0.3) is 0 Å². The summed E-state index contributed by atoms with van der Waals surface area (Å²) in [5.74, 6) is 1.72. The molecule has 2 fully saturated rings. The lowest BCUT2D eigenvalue weighted by Crippen LogP contribution is -2.44. The smallest absolute Gasteiger partial charge is 0.410 e. The predicted molar refractivity (Wildman–Crippen MR) is 92.9 cm³/mol. The summed E-state index contributed by atoms with van der Waals surface area (Å²) < 4.78 is 5.44. The molecule has 1 aliphatic heterocycles. The van der Waals surface area contributed by atoms with Crippen LogP contribution in [0.5, 0.6) is 0 Å². The van der Waals surface area contributed by atoms with Crippen molar-refractivity contribution < 1.29 is 9.53 Å². The minimum absolute atomic E-state index is 0.213. The lowest BCUT2D eigenvalue weighted by molar-refractivity contribution is 0.0210. The van der Waals surface area contributed by atoms with Gasteiger partial charge in [0.05, 0.1) is 0 Å². The fourth-order valence-electron chi connectivity index (χ4n) is 2.95. The van der Waals surface area contributed by atoms with Crippen LogP contribution in [0.3, 0.4) is 0 Å². The molecule has 1 aromatic heterocycles. The maximum atomic E-state index is 12.1. The number of nitrogens with zero attached hydrogens (tertiary/aromatic N) is 3. The Balaban J connectivity index is 1.47. The second-order valence-corrected chi connectivity index (χ2v) is 7.93. The van der Waals surface area contributed by atoms with Crippen molar-refractivity contribution in [2.45, 2.75) is 64.5 Å². The summed E-state index contributed by atoms with van der Waals surface area (Å²) in [5, 5.41) is 3.49. The molecule has 6 heteroatoms. The highest BCUT2D eigenvalue weighted by Crippen LogP contribution is 2.32. The molecule has 0 unspecified atom stereocenters. The Morgan fingerprint density at radius 1 is 1.25 bits per heavy atom. The van der Waals surface area contributed by atoms with Crippen LogP contribution in [0.1, 0.15) is 52.1 Å². The average molecular weight is 332 g/mol. The fraction of sp³-hybridized carbons (Fsp3) is 0.722. The number of rotatable bonds is 4. The molecular formula is C18H28N4O2. The molecule has 2 aliphatic rings. The second kappa shape index (κ2) is 6.95. The standard InChI is InChI=1S/C18H28N4O2/c1-18(2,3)24-17(23)22-8-6-14(7-9-22)21-16-11-15(19-12-20-16)10-13-4-5-13/h11-14H,4-10H2,1-3H3,(H,19,20,21). The third-order valence-electron chi connectivity index (χ3n) is 4.42. The topological polar surface area (TPSA) is 67.3 Å². The highest BCUT2D eigenvalue weighted by molar-refractivity contribution is 5.68. The number of carbonyl (C=O) groups is 1. The minimum Gasteiger partial charge on any atom is -0.444 e. The van der Waals surface area contributed by atoms with Gasteiger partial charge in [-0.05, 0) is 58.8 Å². The molecule has 1 amide bonds. The van der Waals surface area contributed by atoms with Gasteiger partial charge in [0.15, 0.2) is 0 Å². The van der Waals surface area contributed by atoms with Crippen LogP contribution in [0.2, 0.25) is 0 Å². The Labute approximate surface area is 144 Å². The van der Waals surface area contributed by atoms with Crippen molar-refractivity contribution in [2.24, 2.45) is 5.92 Å². The Kier molecular flexibility index (Phi) is 4.92. The Bertz CT molecular complexity index is 573. The summed E-state index contributed by atoms with van der Waals surface area (Å²) in [4.78, 5) is 22.6. The number of aromatic nitrogens is 2. The van der Waals surface area contributed by atoms with E-state index in [1.165, 1.54) is 12.8 Å². The van der Waals surface area contributed by atoms with Crippen LogP contribution < -0.4 is 5.32 Å². The van der Waals surface area contributed by atoms with Crippen molar-refractivity contribution in [3.63, 3.8) is 0 Å². The monoisotopic (exact) mass is 332 g/mol. The van der Waals surface area contributed by atoms with E-state index in [1.54, 1.807) is 11.2 Å². The van der Waals surface area contributed by atoms with Gasteiger partial charge in [-0.2, -0.15) is 0 Å². The van der Waals surface area contributed by atoms with Gasteiger partial charge in [0, 0.05) is 30.9 Å². The molecule has 0 bridgehead atoms. The number of hydrogen-bond donors (Lipinski definition) is 1. The van der Waals surface area contributed by atoms with Crippen molar-refractivity contribution in [1.29, 1.82) is 0 Å². The third kappa shape index (κ3) is 5.08. The van der Waals surface area contributed by atoms with Gasteiger partial charge in [-0.15, -0.1) is 0 Å². The molecule has 0 spiro atoms. The predicted octanol–water partition coefficient (Wildman–Crippen LogP) is 3.24. The van der Waals surface area contributed by atoms with E-state index in [-0.39, 0.29) is 6.09 Å². The summed E-state index contributed by atoms with van der Waals surface area (Å²) in [5.41, 5.74) is 0.687. The summed E-state index contributed by atoms with van der Waals surface area (Å²) in [6.45, 7) is 7.12. The first-order chi connectivity index (χ1) is 11.4. The van der Waals surface area contributed by atoms with Crippen molar-refractivity contribution in [2.75, 3.05) is 18.4 Å². The zero-order chi connectivity index (χ0) is 17.2. The molecule has 1 N–H and O–H groups in total. The third-order valence-corrected chi connectivity index (χ3v) is 4.42. The molecule has 0 aromatic carbocycles. The number of anilines is 1. The number of carbonyl (C=O) groups excluding carboxylic acids is 1. The minimum atomic E-state index is -0.439. The van der Waals surface area contributed by atoms with Crippen molar-refractivity contribution >= 4 is 11.9 Å². The largest absolute Gasteiger partial charge is 0.444 e. The van der Waals surface area contributed by atoms with Crippen molar-refractivity contribution in [3.8, 4) is 0 Å². The van der Waals surface area contributed by atoms with E-state index in [9.17, 15) is 4.79 Å². The highest BCUT2D eigenvalue weighted by atomic mass is 16.6. The van der Waals surface area contributed by atoms with Gasteiger partial charge in [-0.1, -0.05) is 0 Å². The van der Waals surface area contributed by atoms with Gasteiger partial charge in [-0.3, -0.25) is 0 Å². The van der Waals surface area contributed by atoms with Gasteiger partial charge in [0.2, 0.25) is 0 Å². The van der Waals surface area contributed by atoms with Gasteiger partial charge >= 0.3 is 6.09 Å². The Hall–Kier alpha value is -1.85. The summed E-state index contributed by atoms with van der Waals surface area (Å²) in [6, 6.07) is 2.41. The Morgan fingerprint density at radius 3 is 2.58 bits per heavy atom. The maximum Gasteiger partial charge on any atom is 0.410 e. The lowest BCUT2D eigenvalue weighted by atomic mass is 10.1. The van der Waals surface area contributed by atoms with Crippen LogP contribution >= 0.6 is 0 Å². The molecule has 6 nitrogen and oxygen atoms in total.